The first-order valence-corrected chi connectivity index (χ1v) is 6.98. The Kier molecular flexibility index (Phi) is 3.36. The lowest BCUT2D eigenvalue weighted by Gasteiger charge is -2.05. The van der Waals surface area contributed by atoms with Crippen molar-refractivity contribution < 1.29 is 4.21 Å². The van der Waals surface area contributed by atoms with Crippen molar-refractivity contribution in [3.05, 3.63) is 40.3 Å². The van der Waals surface area contributed by atoms with E-state index in [1.54, 1.807) is 11.7 Å². The molecule has 16 heavy (non-hydrogen) atoms. The van der Waals surface area contributed by atoms with Crippen LogP contribution in [0.15, 0.2) is 34.8 Å². The summed E-state index contributed by atoms with van der Waals surface area (Å²) >= 11 is 1.51. The van der Waals surface area contributed by atoms with Crippen molar-refractivity contribution in [1.82, 2.24) is 4.98 Å². The highest BCUT2D eigenvalue weighted by Gasteiger charge is 2.09. The Morgan fingerprint density at radius 3 is 2.94 bits per heavy atom. The molecule has 84 valence electrons. The number of hydrogen-bond acceptors (Lipinski definition) is 4. The highest BCUT2D eigenvalue weighted by atomic mass is 32.2. The van der Waals surface area contributed by atoms with E-state index in [9.17, 15) is 4.21 Å². The Labute approximate surface area is 101 Å². The predicted molar refractivity (Wildman–Crippen MR) is 67.8 cm³/mol. The summed E-state index contributed by atoms with van der Waals surface area (Å²) in [6, 6.07) is 5.61. The van der Waals surface area contributed by atoms with E-state index in [1.165, 1.54) is 11.3 Å². The van der Waals surface area contributed by atoms with Gasteiger partial charge in [0.1, 0.15) is 0 Å². The van der Waals surface area contributed by atoms with Crippen molar-refractivity contribution in [1.29, 1.82) is 0 Å². The van der Waals surface area contributed by atoms with Crippen molar-refractivity contribution in [2.75, 3.05) is 5.73 Å². The second kappa shape index (κ2) is 4.76. The minimum atomic E-state index is -1.09. The lowest BCUT2D eigenvalue weighted by Crippen LogP contribution is -2.00. The molecule has 2 aromatic rings. The maximum Gasteiger partial charge on any atom is 0.0794 e. The molecule has 3 nitrogen and oxygen atoms in total. The summed E-state index contributed by atoms with van der Waals surface area (Å²) in [6.45, 7) is 1.96. The summed E-state index contributed by atoms with van der Waals surface area (Å²) in [4.78, 5) is 5.68. The Morgan fingerprint density at radius 1 is 1.50 bits per heavy atom. The Morgan fingerprint density at radius 2 is 2.31 bits per heavy atom. The van der Waals surface area contributed by atoms with E-state index in [2.05, 4.69) is 4.98 Å². The summed E-state index contributed by atoms with van der Waals surface area (Å²) in [5, 5.41) is 0. The number of hydrogen-bond donors (Lipinski definition) is 1. The summed E-state index contributed by atoms with van der Waals surface area (Å²) in [5.74, 6) is 0.484. The number of aryl methyl sites for hydroxylation is 1. The third kappa shape index (κ3) is 2.48. The molecule has 0 radical (unpaired) electrons. The lowest BCUT2D eigenvalue weighted by molar-refractivity contribution is 0.683. The molecule has 1 atom stereocenters. The molecule has 1 heterocycles. The van der Waals surface area contributed by atoms with Gasteiger partial charge in [0.25, 0.3) is 0 Å². The smallest absolute Gasteiger partial charge is 0.0794 e. The molecule has 0 saturated carbocycles. The van der Waals surface area contributed by atoms with Gasteiger partial charge in [-0.05, 0) is 24.6 Å². The van der Waals surface area contributed by atoms with Gasteiger partial charge in [-0.2, -0.15) is 0 Å². The molecule has 1 unspecified atom stereocenters. The van der Waals surface area contributed by atoms with Crippen molar-refractivity contribution >= 4 is 27.8 Å². The van der Waals surface area contributed by atoms with Crippen molar-refractivity contribution in [3.8, 4) is 0 Å². The van der Waals surface area contributed by atoms with Crippen molar-refractivity contribution in [2.24, 2.45) is 0 Å². The first-order chi connectivity index (χ1) is 7.66. The number of nitrogens with zero attached hydrogens (tertiary/aromatic N) is 1. The SMILES string of the molecule is Cc1ccc(S(=O)Cc2cncs2)c(N)c1. The van der Waals surface area contributed by atoms with Crippen LogP contribution in [0.25, 0.3) is 0 Å². The topological polar surface area (TPSA) is 56.0 Å². The number of thiazole rings is 1. The van der Waals surface area contributed by atoms with Crippen LogP contribution in [0, 0.1) is 6.92 Å². The van der Waals surface area contributed by atoms with Crippen LogP contribution >= 0.6 is 11.3 Å². The number of nitrogens with two attached hydrogens (primary N) is 1. The highest BCUT2D eigenvalue weighted by molar-refractivity contribution is 7.84. The Balaban J connectivity index is 2.21. The molecular weight excluding hydrogens is 240 g/mol. The fraction of sp³-hybridized carbons (Fsp3) is 0.182. The van der Waals surface area contributed by atoms with Gasteiger partial charge in [-0.25, -0.2) is 0 Å². The van der Waals surface area contributed by atoms with Gasteiger partial charge in [-0.15, -0.1) is 11.3 Å². The first-order valence-electron chi connectivity index (χ1n) is 4.78. The van der Waals surface area contributed by atoms with Crippen molar-refractivity contribution in [3.63, 3.8) is 0 Å². The number of benzene rings is 1. The van der Waals surface area contributed by atoms with Gasteiger partial charge in [0.15, 0.2) is 0 Å². The van der Waals surface area contributed by atoms with Gasteiger partial charge in [-0.3, -0.25) is 9.19 Å². The van der Waals surface area contributed by atoms with Gasteiger partial charge in [0.2, 0.25) is 0 Å². The standard InChI is InChI=1S/C11H12N2OS2/c1-8-2-3-11(10(12)4-8)16(14)6-9-5-13-7-15-9/h2-5,7H,6,12H2,1H3. The van der Waals surface area contributed by atoms with Crippen LogP contribution in [0.4, 0.5) is 5.69 Å². The molecule has 0 aliphatic carbocycles. The first kappa shape index (κ1) is 11.3. The van der Waals surface area contributed by atoms with Crippen LogP contribution in [0.5, 0.6) is 0 Å². The maximum atomic E-state index is 12.1. The molecule has 0 fully saturated rings. The van der Waals surface area contributed by atoms with E-state index in [1.807, 2.05) is 25.1 Å². The monoisotopic (exact) mass is 252 g/mol. The molecule has 0 amide bonds. The maximum absolute atomic E-state index is 12.1. The third-order valence-corrected chi connectivity index (χ3v) is 4.57. The molecule has 2 N–H and O–H groups in total. The molecule has 0 saturated heterocycles. The Bertz CT molecular complexity index is 509. The molecule has 2 rings (SSSR count). The molecule has 0 bridgehead atoms. The van der Waals surface area contributed by atoms with Crippen LogP contribution in [0.3, 0.4) is 0 Å². The quantitative estimate of drug-likeness (QED) is 0.853. The fourth-order valence-electron chi connectivity index (χ4n) is 1.40. The molecular formula is C11H12N2OS2. The second-order valence-corrected chi connectivity index (χ2v) is 5.89. The van der Waals surface area contributed by atoms with Gasteiger partial charge in [0.05, 0.1) is 27.0 Å². The number of aromatic nitrogens is 1. The molecule has 1 aromatic heterocycles. The molecule has 5 heteroatoms. The zero-order valence-electron chi connectivity index (χ0n) is 8.84. The average molecular weight is 252 g/mol. The second-order valence-electron chi connectivity index (χ2n) is 3.50. The number of anilines is 1. The summed E-state index contributed by atoms with van der Waals surface area (Å²) < 4.78 is 12.1. The molecule has 0 aliphatic heterocycles. The van der Waals surface area contributed by atoms with E-state index in [0.717, 1.165) is 10.4 Å². The van der Waals surface area contributed by atoms with E-state index >= 15 is 0 Å². The van der Waals surface area contributed by atoms with E-state index in [-0.39, 0.29) is 0 Å². The van der Waals surface area contributed by atoms with Gasteiger partial charge in [-0.1, -0.05) is 6.07 Å². The molecule has 0 aliphatic rings. The minimum Gasteiger partial charge on any atom is -0.398 e. The largest absolute Gasteiger partial charge is 0.398 e. The summed E-state index contributed by atoms with van der Waals surface area (Å²) in [7, 11) is -1.09. The third-order valence-electron chi connectivity index (χ3n) is 2.17. The highest BCUT2D eigenvalue weighted by Crippen LogP contribution is 2.21. The fourth-order valence-corrected chi connectivity index (χ4v) is 3.40. The normalized spacial score (nSPS) is 12.6. The average Bonchev–Trinajstić information content (AvgIpc) is 2.70. The predicted octanol–water partition coefficient (Wildman–Crippen LogP) is 2.34. The number of nitrogen functional groups attached to an aromatic ring is 1. The van der Waals surface area contributed by atoms with Gasteiger partial charge in [0, 0.05) is 16.8 Å². The van der Waals surface area contributed by atoms with Crippen LogP contribution in [-0.2, 0) is 16.6 Å². The van der Waals surface area contributed by atoms with Crippen molar-refractivity contribution in [2.45, 2.75) is 17.6 Å². The van der Waals surface area contributed by atoms with Crippen LogP contribution in [0.1, 0.15) is 10.4 Å². The molecule has 1 aromatic carbocycles. The lowest BCUT2D eigenvalue weighted by atomic mass is 10.2. The summed E-state index contributed by atoms with van der Waals surface area (Å²) in [5.41, 5.74) is 9.27. The zero-order chi connectivity index (χ0) is 11.5. The van der Waals surface area contributed by atoms with E-state index in [4.69, 9.17) is 5.73 Å². The van der Waals surface area contributed by atoms with Crippen LogP contribution in [-0.4, -0.2) is 9.19 Å². The van der Waals surface area contributed by atoms with Crippen LogP contribution < -0.4 is 5.73 Å². The van der Waals surface area contributed by atoms with Gasteiger partial charge < -0.3 is 5.73 Å². The summed E-state index contributed by atoms with van der Waals surface area (Å²) in [6.07, 6.45) is 1.74. The van der Waals surface area contributed by atoms with Crippen LogP contribution in [0.2, 0.25) is 0 Å². The van der Waals surface area contributed by atoms with Gasteiger partial charge >= 0.3 is 0 Å². The van der Waals surface area contributed by atoms with E-state index < -0.39 is 10.8 Å². The number of rotatable bonds is 3. The Hall–Kier alpha value is -1.20. The van der Waals surface area contributed by atoms with E-state index in [0.29, 0.717) is 16.3 Å². The molecule has 0 spiro atoms. The zero-order valence-corrected chi connectivity index (χ0v) is 10.5. The minimum absolute atomic E-state index is 0.484.